The molecule has 0 aromatic heterocycles. The van der Waals surface area contributed by atoms with Gasteiger partial charge in [0.05, 0.1) is 18.1 Å². The third-order valence-corrected chi connectivity index (χ3v) is 2.64. The summed E-state index contributed by atoms with van der Waals surface area (Å²) in [7, 11) is 1.34. The van der Waals surface area contributed by atoms with E-state index in [1.165, 1.54) is 43.5 Å². The van der Waals surface area contributed by atoms with Gasteiger partial charge in [-0.2, -0.15) is 0 Å². The minimum absolute atomic E-state index is 0.147. The number of rotatable bonds is 3. The lowest BCUT2D eigenvalue weighted by Gasteiger charge is -2.11. The van der Waals surface area contributed by atoms with E-state index in [9.17, 15) is 19.7 Å². The van der Waals surface area contributed by atoms with Crippen LogP contribution in [0.2, 0.25) is 0 Å². The molecule has 2 rings (SSSR count). The Morgan fingerprint density at radius 1 is 1.21 bits per heavy atom. The second-order valence-corrected chi connectivity index (χ2v) is 3.80. The second kappa shape index (κ2) is 4.85. The van der Waals surface area contributed by atoms with Crippen molar-refractivity contribution in [3.8, 4) is 5.75 Å². The average Bonchev–Trinajstić information content (AvgIpc) is 2.40. The normalized spacial score (nSPS) is 14.3. The van der Waals surface area contributed by atoms with Crippen LogP contribution in [0.3, 0.4) is 0 Å². The van der Waals surface area contributed by atoms with Crippen molar-refractivity contribution in [2.45, 2.75) is 0 Å². The summed E-state index contributed by atoms with van der Waals surface area (Å²) in [4.78, 5) is 33.1. The van der Waals surface area contributed by atoms with Crippen molar-refractivity contribution in [2.75, 3.05) is 7.11 Å². The zero-order chi connectivity index (χ0) is 14.0. The predicted octanol–water partition coefficient (Wildman–Crippen LogP) is 1.69. The molecule has 0 unspecified atom stereocenters. The number of nitro benzene ring substituents is 1. The molecule has 19 heavy (non-hydrogen) atoms. The minimum atomic E-state index is -0.561. The lowest BCUT2D eigenvalue weighted by molar-refractivity contribution is -0.384. The van der Waals surface area contributed by atoms with Crippen LogP contribution in [0, 0.1) is 10.1 Å². The third kappa shape index (κ3) is 2.42. The Morgan fingerprint density at radius 3 is 2.58 bits per heavy atom. The van der Waals surface area contributed by atoms with Crippen molar-refractivity contribution in [3.63, 3.8) is 0 Å². The lowest BCUT2D eigenvalue weighted by atomic mass is 9.95. The number of benzene rings is 1. The molecule has 1 aliphatic carbocycles. The van der Waals surface area contributed by atoms with Gasteiger partial charge < -0.3 is 4.74 Å². The number of allylic oxidation sites excluding steroid dienone is 4. The first-order valence-corrected chi connectivity index (χ1v) is 5.34. The fourth-order valence-corrected chi connectivity index (χ4v) is 1.74. The zero-order valence-electron chi connectivity index (χ0n) is 9.95. The number of nitrogens with zero attached hydrogens (tertiary/aromatic N) is 1. The van der Waals surface area contributed by atoms with Gasteiger partial charge in [0.15, 0.2) is 11.6 Å². The molecule has 0 saturated heterocycles. The van der Waals surface area contributed by atoms with Gasteiger partial charge in [0.25, 0.3) is 5.69 Å². The molecule has 0 spiro atoms. The van der Waals surface area contributed by atoms with Crippen molar-refractivity contribution in [3.05, 3.63) is 52.1 Å². The maximum Gasteiger partial charge on any atom is 0.273 e. The van der Waals surface area contributed by atoms with E-state index in [-0.39, 0.29) is 28.6 Å². The van der Waals surface area contributed by atoms with Gasteiger partial charge in [-0.1, -0.05) is 0 Å². The highest BCUT2D eigenvalue weighted by atomic mass is 16.6. The summed E-state index contributed by atoms with van der Waals surface area (Å²) in [6.45, 7) is 0. The highest BCUT2D eigenvalue weighted by molar-refractivity contribution is 6.34. The Kier molecular flexibility index (Phi) is 3.24. The Morgan fingerprint density at radius 2 is 1.95 bits per heavy atom. The van der Waals surface area contributed by atoms with E-state index in [0.29, 0.717) is 5.56 Å². The summed E-state index contributed by atoms with van der Waals surface area (Å²) < 4.78 is 5.04. The van der Waals surface area contributed by atoms with Crippen LogP contribution in [0.15, 0.2) is 36.4 Å². The molecule has 0 atom stereocenters. The number of hydrogen-bond acceptors (Lipinski definition) is 5. The van der Waals surface area contributed by atoms with E-state index in [0.717, 1.165) is 0 Å². The summed E-state index contributed by atoms with van der Waals surface area (Å²) in [5.41, 5.74) is 0.376. The molecule has 6 heteroatoms. The Bertz CT molecular complexity index is 642. The fraction of sp³-hybridized carbons (Fsp3) is 0.0769. The maximum atomic E-state index is 11.7. The summed E-state index contributed by atoms with van der Waals surface area (Å²) in [5, 5.41) is 10.7. The molecule has 1 aromatic carbocycles. The Labute approximate surface area is 108 Å². The van der Waals surface area contributed by atoms with Crippen LogP contribution in [0.4, 0.5) is 5.69 Å². The molecule has 6 nitrogen and oxygen atoms in total. The van der Waals surface area contributed by atoms with Gasteiger partial charge in [-0.3, -0.25) is 19.7 Å². The van der Waals surface area contributed by atoms with E-state index in [4.69, 9.17) is 4.74 Å². The van der Waals surface area contributed by atoms with E-state index < -0.39 is 4.92 Å². The Balaban J connectivity index is 2.54. The largest absolute Gasteiger partial charge is 0.496 e. The van der Waals surface area contributed by atoms with Crippen molar-refractivity contribution in [1.29, 1.82) is 0 Å². The van der Waals surface area contributed by atoms with Gasteiger partial charge in [-0.05, 0) is 24.3 Å². The van der Waals surface area contributed by atoms with Gasteiger partial charge >= 0.3 is 0 Å². The highest BCUT2D eigenvalue weighted by Gasteiger charge is 2.20. The van der Waals surface area contributed by atoms with E-state index in [2.05, 4.69) is 0 Å². The molecule has 0 heterocycles. The van der Waals surface area contributed by atoms with Crippen LogP contribution >= 0.6 is 0 Å². The molecule has 96 valence electrons. The summed E-state index contributed by atoms with van der Waals surface area (Å²) in [6.07, 6.45) is 3.52. The number of hydrogen-bond donors (Lipinski definition) is 0. The molecule has 0 aliphatic heterocycles. The summed E-state index contributed by atoms with van der Waals surface area (Å²) in [6, 6.07) is 3.87. The number of carbonyl (C=O) groups excluding carboxylic acids is 2. The van der Waals surface area contributed by atoms with Gasteiger partial charge in [-0.15, -0.1) is 0 Å². The lowest BCUT2D eigenvalue weighted by Crippen LogP contribution is -2.08. The first-order chi connectivity index (χ1) is 9.02. The minimum Gasteiger partial charge on any atom is -0.496 e. The third-order valence-electron chi connectivity index (χ3n) is 2.64. The van der Waals surface area contributed by atoms with Gasteiger partial charge in [0.1, 0.15) is 5.75 Å². The smallest absolute Gasteiger partial charge is 0.273 e. The van der Waals surface area contributed by atoms with Crippen molar-refractivity contribution < 1.29 is 19.2 Å². The molecular formula is C13H9NO5. The molecule has 0 N–H and O–H groups in total. The number of nitro groups is 1. The summed E-state index contributed by atoms with van der Waals surface area (Å²) in [5.74, 6) is -0.473. The van der Waals surface area contributed by atoms with Crippen molar-refractivity contribution in [1.82, 2.24) is 0 Å². The van der Waals surface area contributed by atoms with E-state index >= 15 is 0 Å². The SMILES string of the molecule is COc1cc([N+](=O)[O-])ccc1C1=CC(=O)C=CC1=O. The number of carbonyl (C=O) groups is 2. The quantitative estimate of drug-likeness (QED) is 0.468. The molecule has 1 aromatic rings. The fourth-order valence-electron chi connectivity index (χ4n) is 1.74. The molecule has 0 bridgehead atoms. The van der Waals surface area contributed by atoms with Gasteiger partial charge in [0.2, 0.25) is 0 Å². The number of ketones is 2. The second-order valence-electron chi connectivity index (χ2n) is 3.80. The van der Waals surface area contributed by atoms with Crippen LogP contribution in [-0.2, 0) is 9.59 Å². The van der Waals surface area contributed by atoms with Crippen LogP contribution in [0.1, 0.15) is 5.56 Å². The van der Waals surface area contributed by atoms with Gasteiger partial charge in [0, 0.05) is 17.2 Å². The molecule has 0 radical (unpaired) electrons. The first-order valence-electron chi connectivity index (χ1n) is 5.34. The van der Waals surface area contributed by atoms with Crippen LogP contribution in [0.5, 0.6) is 5.75 Å². The predicted molar refractivity (Wildman–Crippen MR) is 66.8 cm³/mol. The topological polar surface area (TPSA) is 86.5 Å². The number of ether oxygens (including phenoxy) is 1. The summed E-state index contributed by atoms with van der Waals surface area (Å²) >= 11 is 0. The number of non-ortho nitro benzene ring substituents is 1. The van der Waals surface area contributed by atoms with Gasteiger partial charge in [-0.25, -0.2) is 0 Å². The average molecular weight is 259 g/mol. The molecular weight excluding hydrogens is 250 g/mol. The van der Waals surface area contributed by atoms with Crippen LogP contribution in [0.25, 0.3) is 5.57 Å². The molecule has 1 aliphatic rings. The molecule has 0 saturated carbocycles. The molecule has 0 amide bonds. The van der Waals surface area contributed by atoms with Crippen LogP contribution in [-0.4, -0.2) is 23.6 Å². The van der Waals surface area contributed by atoms with E-state index in [1.54, 1.807) is 0 Å². The van der Waals surface area contributed by atoms with E-state index in [1.807, 2.05) is 0 Å². The van der Waals surface area contributed by atoms with Crippen molar-refractivity contribution >= 4 is 22.8 Å². The first kappa shape index (κ1) is 12.7. The Hall–Kier alpha value is -2.76. The zero-order valence-corrected chi connectivity index (χ0v) is 9.95. The van der Waals surface area contributed by atoms with Crippen LogP contribution < -0.4 is 4.74 Å². The molecule has 0 fully saturated rings. The monoisotopic (exact) mass is 259 g/mol. The maximum absolute atomic E-state index is 11.7. The highest BCUT2D eigenvalue weighted by Crippen LogP contribution is 2.31. The van der Waals surface area contributed by atoms with Crippen molar-refractivity contribution in [2.24, 2.45) is 0 Å². The number of methoxy groups -OCH3 is 1. The standard InChI is InChI=1S/C13H9NO5/c1-19-13-6-8(14(17)18)2-4-10(13)11-7-9(15)3-5-12(11)16/h2-7H,1H3.